The van der Waals surface area contributed by atoms with Crippen LogP contribution in [-0.4, -0.2) is 21.5 Å². The maximum atomic E-state index is 12.5. The quantitative estimate of drug-likeness (QED) is 0.770. The molecule has 2 heterocycles. The van der Waals surface area contributed by atoms with Gasteiger partial charge in [0.2, 0.25) is 5.91 Å². The second kappa shape index (κ2) is 7.52. The van der Waals surface area contributed by atoms with Crippen molar-refractivity contribution in [3.63, 3.8) is 0 Å². The summed E-state index contributed by atoms with van der Waals surface area (Å²) in [7, 11) is 0. The van der Waals surface area contributed by atoms with E-state index < -0.39 is 0 Å². The van der Waals surface area contributed by atoms with Crippen LogP contribution in [0.3, 0.4) is 0 Å². The first-order valence-corrected chi connectivity index (χ1v) is 8.74. The number of nitrogens with one attached hydrogen (secondary N) is 1. The van der Waals surface area contributed by atoms with Crippen molar-refractivity contribution in [3.05, 3.63) is 75.8 Å². The first-order chi connectivity index (χ1) is 12.5. The summed E-state index contributed by atoms with van der Waals surface area (Å²) in [6.45, 7) is 5.87. The molecule has 0 spiro atoms. The average molecular weight is 349 g/mol. The number of pyridine rings is 2. The second-order valence-electron chi connectivity index (χ2n) is 6.71. The number of hydrogen-bond donors (Lipinski definition) is 1. The Morgan fingerprint density at radius 2 is 1.92 bits per heavy atom. The molecular formula is C21H23N3O2. The fourth-order valence-electron chi connectivity index (χ4n) is 3.20. The third kappa shape index (κ3) is 3.82. The van der Waals surface area contributed by atoms with E-state index in [2.05, 4.69) is 10.3 Å². The number of aromatic nitrogens is 2. The van der Waals surface area contributed by atoms with Crippen molar-refractivity contribution in [1.82, 2.24) is 14.9 Å². The minimum atomic E-state index is -0.179. The molecule has 0 radical (unpaired) electrons. The first kappa shape index (κ1) is 17.9. The highest BCUT2D eigenvalue weighted by atomic mass is 16.2. The molecule has 5 nitrogen and oxygen atoms in total. The molecule has 26 heavy (non-hydrogen) atoms. The van der Waals surface area contributed by atoms with Gasteiger partial charge in [0, 0.05) is 35.8 Å². The predicted molar refractivity (Wildman–Crippen MR) is 103 cm³/mol. The summed E-state index contributed by atoms with van der Waals surface area (Å²) >= 11 is 0. The zero-order valence-electron chi connectivity index (χ0n) is 15.3. The number of rotatable bonds is 5. The summed E-state index contributed by atoms with van der Waals surface area (Å²) in [4.78, 5) is 29.2. The number of carbonyl (C=O) groups excluding carboxylic acids is 1. The van der Waals surface area contributed by atoms with Crippen molar-refractivity contribution in [3.8, 4) is 0 Å². The van der Waals surface area contributed by atoms with Gasteiger partial charge in [0.25, 0.3) is 5.56 Å². The Bertz CT molecular complexity index is 1010. The van der Waals surface area contributed by atoms with Crippen LogP contribution in [0.2, 0.25) is 0 Å². The Balaban J connectivity index is 1.75. The van der Waals surface area contributed by atoms with Gasteiger partial charge in [-0.3, -0.25) is 19.1 Å². The van der Waals surface area contributed by atoms with E-state index in [9.17, 15) is 9.59 Å². The highest BCUT2D eigenvalue weighted by molar-refractivity contribution is 5.84. The summed E-state index contributed by atoms with van der Waals surface area (Å²) in [6.07, 6.45) is 2.41. The zero-order chi connectivity index (χ0) is 18.7. The van der Waals surface area contributed by atoms with Crippen LogP contribution in [0.4, 0.5) is 0 Å². The van der Waals surface area contributed by atoms with Crippen molar-refractivity contribution >= 4 is 16.8 Å². The SMILES string of the molecule is Cc1cccnc1CC(C)NC(=O)Cn1c(=O)cc(C)c2ccccc21. The van der Waals surface area contributed by atoms with Crippen LogP contribution in [0.5, 0.6) is 0 Å². The van der Waals surface area contributed by atoms with Gasteiger partial charge in [-0.15, -0.1) is 0 Å². The van der Waals surface area contributed by atoms with Gasteiger partial charge in [-0.05, 0) is 44.0 Å². The fraction of sp³-hybridized carbons (Fsp3) is 0.286. The maximum Gasteiger partial charge on any atom is 0.251 e. The molecule has 1 aromatic carbocycles. The van der Waals surface area contributed by atoms with Gasteiger partial charge < -0.3 is 5.32 Å². The molecule has 0 bridgehead atoms. The minimum Gasteiger partial charge on any atom is -0.352 e. The lowest BCUT2D eigenvalue weighted by molar-refractivity contribution is -0.122. The topological polar surface area (TPSA) is 64.0 Å². The van der Waals surface area contributed by atoms with E-state index in [4.69, 9.17) is 0 Å². The number of benzene rings is 1. The van der Waals surface area contributed by atoms with Gasteiger partial charge in [-0.2, -0.15) is 0 Å². The fourth-order valence-corrected chi connectivity index (χ4v) is 3.20. The third-order valence-electron chi connectivity index (χ3n) is 4.55. The molecule has 2 aromatic heterocycles. The summed E-state index contributed by atoms with van der Waals surface area (Å²) in [5.74, 6) is -0.179. The largest absolute Gasteiger partial charge is 0.352 e. The molecule has 3 aromatic rings. The van der Waals surface area contributed by atoms with Crippen LogP contribution >= 0.6 is 0 Å². The number of carbonyl (C=O) groups is 1. The predicted octanol–water partition coefficient (Wildman–Crippen LogP) is 2.76. The number of para-hydroxylation sites is 1. The first-order valence-electron chi connectivity index (χ1n) is 8.74. The molecule has 5 heteroatoms. The molecule has 0 aliphatic heterocycles. The average Bonchev–Trinajstić information content (AvgIpc) is 2.60. The Morgan fingerprint density at radius 1 is 1.15 bits per heavy atom. The maximum absolute atomic E-state index is 12.5. The van der Waals surface area contributed by atoms with E-state index in [1.165, 1.54) is 4.57 Å². The van der Waals surface area contributed by atoms with Gasteiger partial charge in [0.05, 0.1) is 5.52 Å². The van der Waals surface area contributed by atoms with Gasteiger partial charge in [0.1, 0.15) is 6.54 Å². The molecule has 0 fully saturated rings. The molecule has 1 amide bonds. The number of fused-ring (bicyclic) bond motifs is 1. The van der Waals surface area contributed by atoms with E-state index >= 15 is 0 Å². The number of hydrogen-bond acceptors (Lipinski definition) is 3. The molecule has 0 saturated carbocycles. The van der Waals surface area contributed by atoms with E-state index in [0.717, 1.165) is 27.7 Å². The van der Waals surface area contributed by atoms with E-state index in [1.807, 2.05) is 57.2 Å². The molecular weight excluding hydrogens is 326 g/mol. The molecule has 1 unspecified atom stereocenters. The van der Waals surface area contributed by atoms with Gasteiger partial charge in [-0.1, -0.05) is 24.3 Å². The molecule has 1 N–H and O–H groups in total. The number of amides is 1. The van der Waals surface area contributed by atoms with E-state index in [1.54, 1.807) is 12.3 Å². The standard InChI is InChI=1S/C21H23N3O2/c1-14-7-6-10-22-18(14)12-16(3)23-20(25)13-24-19-9-5-4-8-17(19)15(2)11-21(24)26/h4-11,16H,12-13H2,1-3H3,(H,23,25). The molecule has 3 rings (SSSR count). The van der Waals surface area contributed by atoms with Crippen LogP contribution in [0.1, 0.15) is 23.7 Å². The van der Waals surface area contributed by atoms with Crippen molar-refractivity contribution in [2.24, 2.45) is 0 Å². The molecule has 0 saturated heterocycles. The minimum absolute atomic E-state index is 0.00513. The van der Waals surface area contributed by atoms with Crippen LogP contribution in [0.15, 0.2) is 53.5 Å². The summed E-state index contributed by atoms with van der Waals surface area (Å²) < 4.78 is 1.52. The van der Waals surface area contributed by atoms with Crippen LogP contribution < -0.4 is 10.9 Å². The summed E-state index contributed by atoms with van der Waals surface area (Å²) in [5.41, 5.74) is 3.61. The van der Waals surface area contributed by atoms with Crippen molar-refractivity contribution in [2.45, 2.75) is 39.8 Å². The number of nitrogens with zero attached hydrogens (tertiary/aromatic N) is 2. The molecule has 0 aliphatic rings. The van der Waals surface area contributed by atoms with Crippen molar-refractivity contribution < 1.29 is 4.79 Å². The molecule has 0 aliphatic carbocycles. The second-order valence-corrected chi connectivity index (χ2v) is 6.71. The highest BCUT2D eigenvalue weighted by Crippen LogP contribution is 2.15. The normalized spacial score (nSPS) is 12.1. The lowest BCUT2D eigenvalue weighted by atomic mass is 10.1. The van der Waals surface area contributed by atoms with E-state index in [0.29, 0.717) is 6.42 Å². The van der Waals surface area contributed by atoms with Crippen molar-refractivity contribution in [1.29, 1.82) is 0 Å². The van der Waals surface area contributed by atoms with Crippen LogP contribution in [0, 0.1) is 13.8 Å². The lowest BCUT2D eigenvalue weighted by Crippen LogP contribution is -2.38. The smallest absolute Gasteiger partial charge is 0.251 e. The van der Waals surface area contributed by atoms with E-state index in [-0.39, 0.29) is 24.1 Å². The van der Waals surface area contributed by atoms with Gasteiger partial charge >= 0.3 is 0 Å². The van der Waals surface area contributed by atoms with Crippen LogP contribution in [0.25, 0.3) is 10.9 Å². The Hall–Kier alpha value is -2.95. The highest BCUT2D eigenvalue weighted by Gasteiger charge is 2.13. The Labute approximate surface area is 152 Å². The van der Waals surface area contributed by atoms with Gasteiger partial charge in [-0.25, -0.2) is 0 Å². The summed E-state index contributed by atoms with van der Waals surface area (Å²) in [6, 6.07) is 13.1. The zero-order valence-corrected chi connectivity index (χ0v) is 15.3. The summed E-state index contributed by atoms with van der Waals surface area (Å²) in [5, 5.41) is 3.96. The Morgan fingerprint density at radius 3 is 2.69 bits per heavy atom. The van der Waals surface area contributed by atoms with Crippen molar-refractivity contribution in [2.75, 3.05) is 0 Å². The van der Waals surface area contributed by atoms with Gasteiger partial charge in [0.15, 0.2) is 0 Å². The monoisotopic (exact) mass is 349 g/mol. The lowest BCUT2D eigenvalue weighted by Gasteiger charge is -2.16. The molecule has 134 valence electrons. The molecule has 1 atom stereocenters. The van der Waals surface area contributed by atoms with Crippen LogP contribution in [-0.2, 0) is 17.8 Å². The third-order valence-corrected chi connectivity index (χ3v) is 4.55. The Kier molecular flexibility index (Phi) is 5.16. The number of aryl methyl sites for hydroxylation is 2.